The molecule has 1 aliphatic heterocycles. The summed E-state index contributed by atoms with van der Waals surface area (Å²) in [5.74, 6) is 0.0135. The van der Waals surface area contributed by atoms with Gasteiger partial charge in [-0.1, -0.05) is 15.9 Å². The van der Waals surface area contributed by atoms with E-state index in [1.807, 2.05) is 18.2 Å². The quantitative estimate of drug-likeness (QED) is 0.794. The molecule has 1 heterocycles. The Morgan fingerprint density at radius 2 is 2.15 bits per heavy atom. The van der Waals surface area contributed by atoms with Crippen LogP contribution in [0.1, 0.15) is 42.5 Å². The third-order valence-electron chi connectivity index (χ3n) is 4.45. The maximum Gasteiger partial charge on any atom is 0.252 e. The van der Waals surface area contributed by atoms with Crippen molar-refractivity contribution < 1.29 is 4.79 Å². The highest BCUT2D eigenvalue weighted by Crippen LogP contribution is 2.38. The molecule has 1 spiro atoms. The van der Waals surface area contributed by atoms with Crippen LogP contribution in [0.15, 0.2) is 27.1 Å². The number of carbonyl (C=O) groups is 1. The lowest BCUT2D eigenvalue weighted by molar-refractivity contribution is 0.0852. The lowest BCUT2D eigenvalue weighted by atomic mass is 9.70. The van der Waals surface area contributed by atoms with Gasteiger partial charge in [0.25, 0.3) is 5.91 Å². The zero-order valence-corrected chi connectivity index (χ0v) is 14.4. The molecule has 0 radical (unpaired) electrons. The summed E-state index contributed by atoms with van der Waals surface area (Å²) in [6.07, 6.45) is 5.88. The maximum absolute atomic E-state index is 12.4. The third kappa shape index (κ3) is 2.95. The molecular formula is C15H18Br2N2O. The fraction of sp³-hybridized carbons (Fsp3) is 0.533. The highest BCUT2D eigenvalue weighted by atomic mass is 79.9. The first-order valence-corrected chi connectivity index (χ1v) is 8.68. The van der Waals surface area contributed by atoms with E-state index in [4.69, 9.17) is 0 Å². The van der Waals surface area contributed by atoms with Crippen LogP contribution >= 0.6 is 31.9 Å². The normalized spacial score (nSPS) is 24.2. The van der Waals surface area contributed by atoms with Crippen LogP contribution in [0.4, 0.5) is 0 Å². The number of halogens is 2. The lowest BCUT2D eigenvalue weighted by Gasteiger charge is -2.48. The fourth-order valence-corrected chi connectivity index (χ4v) is 3.99. The molecule has 2 N–H and O–H groups in total. The van der Waals surface area contributed by atoms with Crippen molar-refractivity contribution in [1.82, 2.24) is 10.6 Å². The first kappa shape index (κ1) is 14.5. The average molecular weight is 402 g/mol. The number of hydrogen-bond acceptors (Lipinski definition) is 2. The van der Waals surface area contributed by atoms with Crippen LogP contribution in [0.3, 0.4) is 0 Å². The van der Waals surface area contributed by atoms with Gasteiger partial charge < -0.3 is 10.6 Å². The van der Waals surface area contributed by atoms with E-state index >= 15 is 0 Å². The summed E-state index contributed by atoms with van der Waals surface area (Å²) in [6, 6.07) is 5.97. The molecule has 1 saturated carbocycles. The standard InChI is InChI=1S/C15H18Br2N2O/c16-10-2-3-13(17)12(8-10)14(20)19-11-4-7-18-15(9-11)5-1-6-15/h2-3,8,11,18H,1,4-7,9H2,(H,19,20). The molecule has 1 atom stereocenters. The molecule has 3 rings (SSSR count). The molecule has 1 aliphatic carbocycles. The van der Waals surface area contributed by atoms with Gasteiger partial charge in [-0.15, -0.1) is 0 Å². The third-order valence-corrected chi connectivity index (χ3v) is 5.63. The number of carbonyl (C=O) groups excluding carboxylic acids is 1. The molecule has 1 amide bonds. The van der Waals surface area contributed by atoms with E-state index in [1.54, 1.807) is 0 Å². The van der Waals surface area contributed by atoms with Gasteiger partial charge in [0.2, 0.25) is 0 Å². The number of nitrogens with one attached hydrogen (secondary N) is 2. The minimum atomic E-state index is 0.0135. The van der Waals surface area contributed by atoms with Crippen LogP contribution < -0.4 is 10.6 Å². The van der Waals surface area contributed by atoms with Crippen LogP contribution in [-0.2, 0) is 0 Å². The van der Waals surface area contributed by atoms with Crippen molar-refractivity contribution in [3.63, 3.8) is 0 Å². The van der Waals surface area contributed by atoms with Crippen molar-refractivity contribution in [2.45, 2.75) is 43.7 Å². The molecule has 0 bridgehead atoms. The summed E-state index contributed by atoms with van der Waals surface area (Å²) in [7, 11) is 0. The van der Waals surface area contributed by atoms with Crippen molar-refractivity contribution in [3.8, 4) is 0 Å². The number of piperidine rings is 1. The number of hydrogen-bond donors (Lipinski definition) is 2. The maximum atomic E-state index is 12.4. The van der Waals surface area contributed by atoms with Gasteiger partial charge >= 0.3 is 0 Å². The second-order valence-corrected chi connectivity index (χ2v) is 7.62. The van der Waals surface area contributed by atoms with Crippen LogP contribution in [0.5, 0.6) is 0 Å². The summed E-state index contributed by atoms with van der Waals surface area (Å²) in [6.45, 7) is 1.00. The van der Waals surface area contributed by atoms with Gasteiger partial charge in [0.1, 0.15) is 0 Å². The minimum absolute atomic E-state index is 0.0135. The zero-order chi connectivity index (χ0) is 14.2. The Balaban J connectivity index is 1.67. The number of amides is 1. The van der Waals surface area contributed by atoms with Gasteiger partial charge in [-0.3, -0.25) is 4.79 Å². The van der Waals surface area contributed by atoms with Gasteiger partial charge in [-0.2, -0.15) is 0 Å². The van der Waals surface area contributed by atoms with Crippen molar-refractivity contribution in [3.05, 3.63) is 32.7 Å². The molecule has 2 fully saturated rings. The van der Waals surface area contributed by atoms with Crippen LogP contribution in [0.2, 0.25) is 0 Å². The summed E-state index contributed by atoms with van der Waals surface area (Å²) in [4.78, 5) is 12.4. The number of rotatable bonds is 2. The summed E-state index contributed by atoms with van der Waals surface area (Å²) < 4.78 is 1.76. The second-order valence-electron chi connectivity index (χ2n) is 5.85. The second kappa shape index (κ2) is 5.78. The van der Waals surface area contributed by atoms with Gasteiger partial charge in [-0.05, 0) is 72.8 Å². The smallest absolute Gasteiger partial charge is 0.252 e. The Kier molecular flexibility index (Phi) is 4.20. The first-order chi connectivity index (χ1) is 9.58. The molecule has 1 aromatic rings. The fourth-order valence-electron chi connectivity index (χ4n) is 3.20. The van der Waals surface area contributed by atoms with Crippen LogP contribution in [0, 0.1) is 0 Å². The van der Waals surface area contributed by atoms with E-state index in [1.165, 1.54) is 19.3 Å². The largest absolute Gasteiger partial charge is 0.349 e. The van der Waals surface area contributed by atoms with Crippen molar-refractivity contribution >= 4 is 37.8 Å². The predicted octanol–water partition coefficient (Wildman–Crippen LogP) is 3.62. The molecule has 2 aliphatic rings. The average Bonchev–Trinajstić information content (AvgIpc) is 2.40. The van der Waals surface area contributed by atoms with E-state index in [0.717, 1.165) is 28.3 Å². The van der Waals surface area contributed by atoms with Crippen molar-refractivity contribution in [2.24, 2.45) is 0 Å². The molecule has 108 valence electrons. The highest BCUT2D eigenvalue weighted by Gasteiger charge is 2.41. The van der Waals surface area contributed by atoms with Crippen molar-refractivity contribution in [2.75, 3.05) is 6.54 Å². The minimum Gasteiger partial charge on any atom is -0.349 e. The Morgan fingerprint density at radius 1 is 1.35 bits per heavy atom. The van der Waals surface area contributed by atoms with Gasteiger partial charge in [0.15, 0.2) is 0 Å². The number of benzene rings is 1. The van der Waals surface area contributed by atoms with E-state index < -0.39 is 0 Å². The molecular weight excluding hydrogens is 384 g/mol. The Hall–Kier alpha value is -0.390. The van der Waals surface area contributed by atoms with E-state index in [9.17, 15) is 4.79 Å². The first-order valence-electron chi connectivity index (χ1n) is 7.09. The summed E-state index contributed by atoms with van der Waals surface area (Å²) >= 11 is 6.87. The molecule has 3 nitrogen and oxygen atoms in total. The van der Waals surface area contributed by atoms with Crippen LogP contribution in [-0.4, -0.2) is 24.0 Å². The monoisotopic (exact) mass is 400 g/mol. The van der Waals surface area contributed by atoms with Gasteiger partial charge in [-0.25, -0.2) is 0 Å². The zero-order valence-electron chi connectivity index (χ0n) is 11.2. The Morgan fingerprint density at radius 3 is 2.85 bits per heavy atom. The molecule has 0 aromatic heterocycles. The molecule has 1 aromatic carbocycles. The van der Waals surface area contributed by atoms with Crippen LogP contribution in [0.25, 0.3) is 0 Å². The summed E-state index contributed by atoms with van der Waals surface area (Å²) in [5.41, 5.74) is 1.01. The highest BCUT2D eigenvalue weighted by molar-refractivity contribution is 9.11. The van der Waals surface area contributed by atoms with E-state index in [-0.39, 0.29) is 11.9 Å². The molecule has 1 saturated heterocycles. The predicted molar refractivity (Wildman–Crippen MR) is 86.9 cm³/mol. The Bertz CT molecular complexity index is 529. The van der Waals surface area contributed by atoms with E-state index in [0.29, 0.717) is 11.1 Å². The molecule has 20 heavy (non-hydrogen) atoms. The summed E-state index contributed by atoms with van der Waals surface area (Å²) in [5, 5.41) is 6.82. The SMILES string of the molecule is O=C(NC1CCNC2(CCC2)C1)c1cc(Br)ccc1Br. The van der Waals surface area contributed by atoms with Gasteiger partial charge in [0, 0.05) is 20.5 Å². The Labute approximate surface area is 136 Å². The molecule has 5 heteroatoms. The lowest BCUT2D eigenvalue weighted by Crippen LogP contribution is -2.59. The molecule has 1 unspecified atom stereocenters. The van der Waals surface area contributed by atoms with Crippen molar-refractivity contribution in [1.29, 1.82) is 0 Å². The van der Waals surface area contributed by atoms with E-state index in [2.05, 4.69) is 42.5 Å². The van der Waals surface area contributed by atoms with Gasteiger partial charge in [0.05, 0.1) is 5.56 Å². The topological polar surface area (TPSA) is 41.1 Å².